The Morgan fingerprint density at radius 3 is 2.79 bits per heavy atom. The van der Waals surface area contributed by atoms with Gasteiger partial charge in [-0.05, 0) is 13.8 Å². The molecule has 0 spiro atoms. The molecule has 19 heavy (non-hydrogen) atoms. The second-order valence-electron chi connectivity index (χ2n) is 4.16. The monoisotopic (exact) mass is 261 g/mol. The van der Waals surface area contributed by atoms with Crippen molar-refractivity contribution in [3.8, 4) is 0 Å². The second-order valence-corrected chi connectivity index (χ2v) is 4.16. The van der Waals surface area contributed by atoms with Crippen molar-refractivity contribution >= 4 is 5.91 Å². The van der Waals surface area contributed by atoms with Crippen LogP contribution in [0.3, 0.4) is 0 Å². The van der Waals surface area contributed by atoms with Crippen molar-refractivity contribution < 1.29 is 4.79 Å². The van der Waals surface area contributed by atoms with Crippen LogP contribution in [0, 0.1) is 13.8 Å². The van der Waals surface area contributed by atoms with E-state index >= 15 is 0 Å². The summed E-state index contributed by atoms with van der Waals surface area (Å²) in [6.07, 6.45) is 4.12. The highest BCUT2D eigenvalue weighted by atomic mass is 16.2. The van der Waals surface area contributed by atoms with E-state index in [1.54, 1.807) is 6.33 Å². The molecule has 2 aromatic rings. The van der Waals surface area contributed by atoms with Gasteiger partial charge in [-0.15, -0.1) is 0 Å². The second kappa shape index (κ2) is 5.47. The number of nitrogens with zero attached hydrogens (tertiary/aromatic N) is 3. The summed E-state index contributed by atoms with van der Waals surface area (Å²) in [6, 6.07) is 0. The molecule has 0 atom stereocenters. The van der Waals surface area contributed by atoms with E-state index in [-0.39, 0.29) is 17.2 Å². The largest absolute Gasteiger partial charge is 0.349 e. The summed E-state index contributed by atoms with van der Waals surface area (Å²) in [5.74, 6) is -0.314. The first kappa shape index (κ1) is 13.0. The molecule has 0 aliphatic heterocycles. The number of hydrogen-bond donors (Lipinski definition) is 2. The van der Waals surface area contributed by atoms with Crippen LogP contribution < -0.4 is 10.9 Å². The van der Waals surface area contributed by atoms with Gasteiger partial charge in [0, 0.05) is 25.0 Å². The molecule has 0 unspecified atom stereocenters. The molecule has 0 aliphatic carbocycles. The quantitative estimate of drug-likeness (QED) is 0.811. The molecular formula is C12H15N5O2. The van der Waals surface area contributed by atoms with Crippen LogP contribution in [0.5, 0.6) is 0 Å². The minimum absolute atomic E-state index is 0.193. The fraction of sp³-hybridized carbons (Fsp3) is 0.333. The lowest BCUT2D eigenvalue weighted by atomic mass is 10.4. The zero-order valence-electron chi connectivity index (χ0n) is 10.8. The summed E-state index contributed by atoms with van der Waals surface area (Å²) >= 11 is 0. The van der Waals surface area contributed by atoms with Gasteiger partial charge in [0.1, 0.15) is 5.69 Å². The first-order valence-corrected chi connectivity index (χ1v) is 5.89. The SMILES string of the molecule is Cc1ncn(CCNC(=O)c2c[nH]c(=O)cn2)c1C. The van der Waals surface area contributed by atoms with Crippen molar-refractivity contribution in [2.75, 3.05) is 6.54 Å². The number of nitrogens with one attached hydrogen (secondary N) is 2. The Labute approximate surface area is 109 Å². The number of H-pyrrole nitrogens is 1. The fourth-order valence-electron chi connectivity index (χ4n) is 1.62. The van der Waals surface area contributed by atoms with Crippen LogP contribution in [-0.2, 0) is 6.54 Å². The summed E-state index contributed by atoms with van der Waals surface area (Å²) < 4.78 is 1.97. The zero-order chi connectivity index (χ0) is 13.8. The molecule has 0 saturated carbocycles. The zero-order valence-corrected chi connectivity index (χ0v) is 10.8. The number of carbonyl (C=O) groups excluding carboxylic acids is 1. The average Bonchev–Trinajstić information content (AvgIpc) is 2.71. The van der Waals surface area contributed by atoms with Crippen molar-refractivity contribution in [3.05, 3.63) is 46.2 Å². The van der Waals surface area contributed by atoms with Crippen molar-refractivity contribution in [2.24, 2.45) is 0 Å². The molecule has 0 bridgehead atoms. The summed E-state index contributed by atoms with van der Waals surface area (Å²) in [5, 5.41) is 2.73. The summed E-state index contributed by atoms with van der Waals surface area (Å²) in [7, 11) is 0. The molecule has 100 valence electrons. The van der Waals surface area contributed by atoms with Gasteiger partial charge in [-0.1, -0.05) is 0 Å². The van der Waals surface area contributed by atoms with Gasteiger partial charge in [-0.2, -0.15) is 0 Å². The maximum Gasteiger partial charge on any atom is 0.271 e. The molecule has 0 fully saturated rings. The third-order valence-electron chi connectivity index (χ3n) is 2.89. The fourth-order valence-corrected chi connectivity index (χ4v) is 1.62. The highest BCUT2D eigenvalue weighted by Gasteiger charge is 2.07. The number of imidazole rings is 1. The first-order valence-electron chi connectivity index (χ1n) is 5.89. The Bertz CT molecular complexity index is 623. The Morgan fingerprint density at radius 2 is 2.21 bits per heavy atom. The number of carbonyl (C=O) groups is 1. The molecule has 0 aliphatic rings. The van der Waals surface area contributed by atoms with E-state index in [0.29, 0.717) is 13.1 Å². The topological polar surface area (TPSA) is 92.7 Å². The Hall–Kier alpha value is -2.44. The Morgan fingerprint density at radius 1 is 1.42 bits per heavy atom. The van der Waals surface area contributed by atoms with Gasteiger partial charge in [0.25, 0.3) is 11.5 Å². The van der Waals surface area contributed by atoms with Crippen molar-refractivity contribution in [3.63, 3.8) is 0 Å². The van der Waals surface area contributed by atoms with Gasteiger partial charge in [0.15, 0.2) is 0 Å². The van der Waals surface area contributed by atoms with Gasteiger partial charge < -0.3 is 14.9 Å². The molecule has 0 radical (unpaired) electrons. The van der Waals surface area contributed by atoms with Crippen molar-refractivity contribution in [1.29, 1.82) is 0 Å². The lowest BCUT2D eigenvalue weighted by molar-refractivity contribution is 0.0946. The average molecular weight is 261 g/mol. The summed E-state index contributed by atoms with van der Waals surface area (Å²) in [4.78, 5) is 32.9. The minimum Gasteiger partial charge on any atom is -0.349 e. The van der Waals surface area contributed by atoms with E-state index in [4.69, 9.17) is 0 Å². The number of hydrogen-bond acceptors (Lipinski definition) is 4. The summed E-state index contributed by atoms with van der Waals surface area (Å²) in [5.41, 5.74) is 1.92. The van der Waals surface area contributed by atoms with Crippen LogP contribution in [0.15, 0.2) is 23.5 Å². The van der Waals surface area contributed by atoms with E-state index in [2.05, 4.69) is 20.3 Å². The Kier molecular flexibility index (Phi) is 3.74. The molecule has 7 heteroatoms. The Balaban J connectivity index is 1.89. The molecule has 7 nitrogen and oxygen atoms in total. The molecule has 2 rings (SSSR count). The molecule has 0 aromatic carbocycles. The van der Waals surface area contributed by atoms with Crippen molar-refractivity contribution in [2.45, 2.75) is 20.4 Å². The number of aryl methyl sites for hydroxylation is 1. The lowest BCUT2D eigenvalue weighted by Crippen LogP contribution is -2.28. The van der Waals surface area contributed by atoms with Crippen LogP contribution >= 0.6 is 0 Å². The molecule has 0 saturated heterocycles. The molecule has 2 aromatic heterocycles. The number of amides is 1. The standard InChI is InChI=1S/C12H15N5O2/c1-8-9(2)17(7-16-8)4-3-13-12(19)10-5-15-11(18)6-14-10/h5-7H,3-4H2,1-2H3,(H,13,19)(H,15,18). The van der Waals surface area contributed by atoms with Crippen molar-refractivity contribution in [1.82, 2.24) is 24.8 Å². The molecule has 2 N–H and O–H groups in total. The third kappa shape index (κ3) is 3.06. The van der Waals surface area contributed by atoms with E-state index in [0.717, 1.165) is 17.6 Å². The van der Waals surface area contributed by atoms with Gasteiger partial charge in [0.05, 0.1) is 18.2 Å². The maximum absolute atomic E-state index is 11.7. The summed E-state index contributed by atoms with van der Waals surface area (Å²) in [6.45, 7) is 5.03. The molecule has 2 heterocycles. The van der Waals surface area contributed by atoms with E-state index in [9.17, 15) is 9.59 Å². The maximum atomic E-state index is 11.7. The van der Waals surface area contributed by atoms with Crippen LogP contribution in [0.1, 0.15) is 21.9 Å². The first-order chi connectivity index (χ1) is 9.08. The number of aromatic nitrogens is 4. The third-order valence-corrected chi connectivity index (χ3v) is 2.89. The molecular weight excluding hydrogens is 246 g/mol. The van der Waals surface area contributed by atoms with Crippen LogP contribution in [0.25, 0.3) is 0 Å². The van der Waals surface area contributed by atoms with Crippen LogP contribution in [0.2, 0.25) is 0 Å². The van der Waals surface area contributed by atoms with E-state index in [1.165, 1.54) is 6.20 Å². The van der Waals surface area contributed by atoms with E-state index < -0.39 is 0 Å². The predicted octanol–water partition coefficient (Wildman–Crippen LogP) is 0.0132. The number of rotatable bonds is 4. The number of aromatic amines is 1. The highest BCUT2D eigenvalue weighted by Crippen LogP contribution is 2.03. The van der Waals surface area contributed by atoms with Gasteiger partial charge in [-0.25, -0.2) is 9.97 Å². The van der Waals surface area contributed by atoms with Crippen LogP contribution in [0.4, 0.5) is 0 Å². The minimum atomic E-state index is -0.332. The van der Waals surface area contributed by atoms with Gasteiger partial charge >= 0.3 is 0 Å². The van der Waals surface area contributed by atoms with Gasteiger partial charge in [0.2, 0.25) is 0 Å². The molecule has 1 amide bonds. The highest BCUT2D eigenvalue weighted by molar-refractivity contribution is 5.91. The van der Waals surface area contributed by atoms with Crippen LogP contribution in [-0.4, -0.2) is 32.0 Å². The van der Waals surface area contributed by atoms with E-state index in [1.807, 2.05) is 18.4 Å². The predicted molar refractivity (Wildman–Crippen MR) is 68.9 cm³/mol. The normalized spacial score (nSPS) is 10.4. The van der Waals surface area contributed by atoms with Gasteiger partial charge in [-0.3, -0.25) is 9.59 Å². The smallest absolute Gasteiger partial charge is 0.271 e. The lowest BCUT2D eigenvalue weighted by Gasteiger charge is -2.07.